The number of rotatable bonds is 4. The van der Waals surface area contributed by atoms with E-state index in [1.54, 1.807) is 19.2 Å². The Hall–Kier alpha value is -2.31. The maximum Gasteiger partial charge on any atom is 0.162 e. The lowest BCUT2D eigenvalue weighted by molar-refractivity contribution is -0.144. The van der Waals surface area contributed by atoms with Gasteiger partial charge in [0.05, 0.1) is 23.7 Å². The number of aliphatic hydroxyl groups is 1. The smallest absolute Gasteiger partial charge is 0.162 e. The maximum absolute atomic E-state index is 13.5. The number of methoxy groups -OCH3 is 1. The minimum atomic E-state index is -0.431. The average Bonchev–Trinajstić information content (AvgIpc) is 3.37. The van der Waals surface area contributed by atoms with Gasteiger partial charge in [0.25, 0.3) is 0 Å². The van der Waals surface area contributed by atoms with Crippen molar-refractivity contribution in [2.75, 3.05) is 13.7 Å². The van der Waals surface area contributed by atoms with E-state index >= 15 is 0 Å². The van der Waals surface area contributed by atoms with Crippen molar-refractivity contribution in [3.05, 3.63) is 53.1 Å². The molecule has 1 aromatic heterocycles. The van der Waals surface area contributed by atoms with Gasteiger partial charge in [-0.15, -0.1) is 0 Å². The SMILES string of the molecule is COCC(=O)C1CCC2C3CCC4=Cc5c(cnn5-c5ccc(F)cc5)CC4(C)C3C(O)CC12C. The van der Waals surface area contributed by atoms with E-state index in [1.165, 1.54) is 23.3 Å². The van der Waals surface area contributed by atoms with Crippen molar-refractivity contribution in [2.24, 2.45) is 34.5 Å². The number of ether oxygens (including phenoxy) is 1. The molecule has 0 aliphatic heterocycles. The Labute approximate surface area is 206 Å². The molecule has 7 atom stereocenters. The fraction of sp³-hybridized carbons (Fsp3) is 0.586. The van der Waals surface area contributed by atoms with Crippen LogP contribution in [-0.4, -0.2) is 40.5 Å². The lowest BCUT2D eigenvalue weighted by Crippen LogP contribution is -2.57. The zero-order valence-electron chi connectivity index (χ0n) is 20.8. The lowest BCUT2D eigenvalue weighted by Gasteiger charge is -2.59. The Morgan fingerprint density at radius 2 is 2.00 bits per heavy atom. The first-order chi connectivity index (χ1) is 16.8. The van der Waals surface area contributed by atoms with Crippen LogP contribution in [0.3, 0.4) is 0 Å². The van der Waals surface area contributed by atoms with E-state index in [9.17, 15) is 14.3 Å². The Morgan fingerprint density at radius 3 is 2.74 bits per heavy atom. The van der Waals surface area contributed by atoms with Crippen molar-refractivity contribution in [2.45, 2.75) is 58.5 Å². The minimum absolute atomic E-state index is 0.0142. The van der Waals surface area contributed by atoms with Gasteiger partial charge in [-0.2, -0.15) is 5.10 Å². The van der Waals surface area contributed by atoms with Gasteiger partial charge in [-0.25, -0.2) is 9.07 Å². The summed E-state index contributed by atoms with van der Waals surface area (Å²) in [5, 5.41) is 16.3. The van der Waals surface area contributed by atoms with E-state index in [0.717, 1.165) is 43.5 Å². The molecule has 186 valence electrons. The van der Waals surface area contributed by atoms with Gasteiger partial charge in [-0.3, -0.25) is 4.79 Å². The van der Waals surface area contributed by atoms with E-state index in [0.29, 0.717) is 18.3 Å². The molecule has 0 spiro atoms. The number of aliphatic hydroxyl groups excluding tert-OH is 1. The zero-order valence-corrected chi connectivity index (χ0v) is 20.8. The summed E-state index contributed by atoms with van der Waals surface area (Å²) in [4.78, 5) is 12.9. The molecular formula is C29H35FN2O3. The van der Waals surface area contributed by atoms with Crippen LogP contribution in [0.15, 0.2) is 36.0 Å². The van der Waals surface area contributed by atoms with Crippen LogP contribution in [0.4, 0.5) is 4.39 Å². The predicted octanol–water partition coefficient (Wildman–Crippen LogP) is 5.00. The van der Waals surface area contributed by atoms with Gasteiger partial charge in [0.15, 0.2) is 5.78 Å². The van der Waals surface area contributed by atoms with Crippen molar-refractivity contribution in [3.63, 3.8) is 0 Å². The molecule has 3 fully saturated rings. The third kappa shape index (κ3) is 3.32. The highest BCUT2D eigenvalue weighted by Gasteiger charge is 2.63. The van der Waals surface area contributed by atoms with Gasteiger partial charge in [0.2, 0.25) is 0 Å². The van der Waals surface area contributed by atoms with Crippen LogP contribution in [0, 0.1) is 40.3 Å². The number of hydrogen-bond acceptors (Lipinski definition) is 4. The van der Waals surface area contributed by atoms with Crippen molar-refractivity contribution in [3.8, 4) is 5.69 Å². The molecule has 0 amide bonds. The molecule has 35 heavy (non-hydrogen) atoms. The molecule has 0 radical (unpaired) electrons. The van der Waals surface area contributed by atoms with Crippen molar-refractivity contribution >= 4 is 11.9 Å². The summed E-state index contributed by atoms with van der Waals surface area (Å²) < 4.78 is 20.6. The van der Waals surface area contributed by atoms with E-state index < -0.39 is 6.10 Å². The molecule has 5 nitrogen and oxygen atoms in total. The van der Waals surface area contributed by atoms with Crippen LogP contribution in [0.2, 0.25) is 0 Å². The second-order valence-electron chi connectivity index (χ2n) is 11.8. The van der Waals surface area contributed by atoms with E-state index in [2.05, 4.69) is 25.0 Å². The predicted molar refractivity (Wildman–Crippen MR) is 131 cm³/mol. The first kappa shape index (κ1) is 23.1. The standard InChI is InChI=1S/C29H35FN2O3/c1-28-13-17-15-31-32(20-7-5-19(30)6-8-20)24(17)12-18(28)4-9-21-22-10-11-23(26(34)16-35-3)29(22,2)14-25(33)27(21)28/h5-8,12,15,21-23,25,27,33H,4,9-11,13-14,16H2,1-3H3. The van der Waals surface area contributed by atoms with Gasteiger partial charge >= 0.3 is 0 Å². The van der Waals surface area contributed by atoms with Gasteiger partial charge < -0.3 is 9.84 Å². The largest absolute Gasteiger partial charge is 0.393 e. The second kappa shape index (κ2) is 8.10. The van der Waals surface area contributed by atoms with E-state index in [-0.39, 0.29) is 40.9 Å². The van der Waals surface area contributed by atoms with Crippen molar-refractivity contribution < 1.29 is 19.0 Å². The fourth-order valence-corrected chi connectivity index (χ4v) is 8.74. The molecule has 2 aromatic rings. The number of carbonyl (C=O) groups is 1. The third-order valence-electron chi connectivity index (χ3n) is 10.2. The molecule has 4 aliphatic carbocycles. The molecule has 0 bridgehead atoms. The summed E-state index contributed by atoms with van der Waals surface area (Å²) in [6, 6.07) is 6.46. The summed E-state index contributed by atoms with van der Waals surface area (Å²) in [6.45, 7) is 4.76. The number of ketones is 1. The molecule has 1 aromatic carbocycles. The highest BCUT2D eigenvalue weighted by molar-refractivity contribution is 5.83. The van der Waals surface area contributed by atoms with Gasteiger partial charge in [-0.05, 0) is 103 Å². The Kier molecular flexibility index (Phi) is 5.35. The normalized spacial score (nSPS) is 37.6. The number of Topliss-reactive ketones (excluding diaryl/α,β-unsaturated/α-hetero) is 1. The second-order valence-corrected chi connectivity index (χ2v) is 11.8. The molecule has 4 aliphatic rings. The molecule has 6 rings (SSSR count). The first-order valence-corrected chi connectivity index (χ1v) is 13.0. The number of fused-ring (bicyclic) bond motifs is 6. The van der Waals surface area contributed by atoms with Gasteiger partial charge in [0, 0.05) is 13.0 Å². The topological polar surface area (TPSA) is 64.3 Å². The number of nitrogens with zero attached hydrogens (tertiary/aromatic N) is 2. The van der Waals surface area contributed by atoms with Crippen molar-refractivity contribution in [1.82, 2.24) is 9.78 Å². The molecule has 0 saturated heterocycles. The monoisotopic (exact) mass is 478 g/mol. The molecule has 1 N–H and O–H groups in total. The number of aromatic nitrogens is 2. The fourth-order valence-electron chi connectivity index (χ4n) is 8.74. The minimum Gasteiger partial charge on any atom is -0.393 e. The zero-order chi connectivity index (χ0) is 24.5. The molecule has 3 saturated carbocycles. The lowest BCUT2D eigenvalue weighted by atomic mass is 9.46. The molecular weight excluding hydrogens is 443 g/mol. The van der Waals surface area contributed by atoms with E-state index in [4.69, 9.17) is 4.74 Å². The van der Waals surface area contributed by atoms with Gasteiger partial charge in [0.1, 0.15) is 12.4 Å². The van der Waals surface area contributed by atoms with Gasteiger partial charge in [-0.1, -0.05) is 19.4 Å². The Balaban J connectivity index is 1.33. The van der Waals surface area contributed by atoms with Crippen LogP contribution in [0.5, 0.6) is 0 Å². The maximum atomic E-state index is 13.5. The quantitative estimate of drug-likeness (QED) is 0.672. The van der Waals surface area contributed by atoms with Crippen LogP contribution in [0.25, 0.3) is 11.8 Å². The molecule has 1 heterocycles. The first-order valence-electron chi connectivity index (χ1n) is 13.0. The summed E-state index contributed by atoms with van der Waals surface area (Å²) >= 11 is 0. The van der Waals surface area contributed by atoms with E-state index in [1.807, 2.05) is 10.9 Å². The van der Waals surface area contributed by atoms with Crippen molar-refractivity contribution in [1.29, 1.82) is 0 Å². The average molecular weight is 479 g/mol. The van der Waals surface area contributed by atoms with Crippen LogP contribution < -0.4 is 0 Å². The Bertz CT molecular complexity index is 1190. The third-order valence-corrected chi connectivity index (χ3v) is 10.2. The van der Waals surface area contributed by atoms with Crippen LogP contribution >= 0.6 is 0 Å². The summed E-state index contributed by atoms with van der Waals surface area (Å²) in [7, 11) is 1.59. The number of hydrogen-bond donors (Lipinski definition) is 1. The Morgan fingerprint density at radius 1 is 1.23 bits per heavy atom. The summed E-state index contributed by atoms with van der Waals surface area (Å²) in [6.07, 6.45) is 9.35. The van der Waals surface area contributed by atoms with Crippen LogP contribution in [0.1, 0.15) is 57.2 Å². The number of carbonyl (C=O) groups excluding carboxylic acids is 1. The van der Waals surface area contributed by atoms with Crippen LogP contribution in [-0.2, 0) is 16.0 Å². The molecule has 7 unspecified atom stereocenters. The number of benzene rings is 1. The molecule has 6 heteroatoms. The number of allylic oxidation sites excluding steroid dienone is 1. The highest BCUT2D eigenvalue weighted by Crippen LogP contribution is 2.66. The summed E-state index contributed by atoms with van der Waals surface area (Å²) in [5.74, 6) is 0.985. The highest BCUT2D eigenvalue weighted by atomic mass is 19.1. The number of halogens is 1. The summed E-state index contributed by atoms with van der Waals surface area (Å²) in [5.41, 5.74) is 4.23.